The van der Waals surface area contributed by atoms with Crippen molar-refractivity contribution in [2.24, 2.45) is 0 Å². The lowest BCUT2D eigenvalue weighted by atomic mass is 10.0. The molecule has 2 heterocycles. The number of aryl methyl sites for hydroxylation is 1. The Bertz CT molecular complexity index is 1370. The van der Waals surface area contributed by atoms with E-state index < -0.39 is 0 Å². The summed E-state index contributed by atoms with van der Waals surface area (Å²) < 4.78 is 1.88. The van der Waals surface area contributed by atoms with Crippen molar-refractivity contribution < 1.29 is 4.79 Å². The molecule has 0 bridgehead atoms. The molecule has 0 spiro atoms. The second-order valence-corrected chi connectivity index (χ2v) is 7.44. The predicted octanol–water partition coefficient (Wildman–Crippen LogP) is 5.08. The lowest BCUT2D eigenvalue weighted by Crippen LogP contribution is -2.10. The number of imidazole rings is 1. The Morgan fingerprint density at radius 1 is 0.903 bits per heavy atom. The summed E-state index contributed by atoms with van der Waals surface area (Å²) in [5, 5.41) is 0.858. The molecule has 5 rings (SSSR count). The van der Waals surface area contributed by atoms with Crippen LogP contribution in [-0.2, 0) is 6.54 Å². The lowest BCUT2D eigenvalue weighted by molar-refractivity contribution is 0.103. The van der Waals surface area contributed by atoms with Gasteiger partial charge in [0.2, 0.25) is 5.78 Å². The maximum atomic E-state index is 13.4. The number of ketones is 1. The lowest BCUT2D eigenvalue weighted by Gasteiger charge is -2.10. The highest BCUT2D eigenvalue weighted by Gasteiger charge is 2.17. The molecule has 0 atom stereocenters. The van der Waals surface area contributed by atoms with E-state index in [4.69, 9.17) is 0 Å². The van der Waals surface area contributed by atoms with Crippen molar-refractivity contribution in [3.63, 3.8) is 0 Å². The SMILES string of the molecule is Cc1nc(-c2ccccc2)c2cc(C(=O)c3cncn3Cc3ccccc3)ccc2n1. The first-order chi connectivity index (χ1) is 15.2. The number of hydrogen-bond donors (Lipinski definition) is 0. The van der Waals surface area contributed by atoms with Crippen molar-refractivity contribution in [1.29, 1.82) is 0 Å². The summed E-state index contributed by atoms with van der Waals surface area (Å²) in [6.07, 6.45) is 3.32. The molecule has 31 heavy (non-hydrogen) atoms. The van der Waals surface area contributed by atoms with Crippen LogP contribution in [0.4, 0.5) is 0 Å². The van der Waals surface area contributed by atoms with Crippen LogP contribution in [0.15, 0.2) is 91.4 Å². The first-order valence-corrected chi connectivity index (χ1v) is 10.1. The van der Waals surface area contributed by atoms with Gasteiger partial charge < -0.3 is 4.57 Å². The Labute approximate surface area is 180 Å². The molecule has 2 aromatic heterocycles. The van der Waals surface area contributed by atoms with Gasteiger partial charge in [0.15, 0.2) is 0 Å². The minimum atomic E-state index is -0.0742. The van der Waals surface area contributed by atoms with E-state index in [0.717, 1.165) is 27.7 Å². The highest BCUT2D eigenvalue weighted by Crippen LogP contribution is 2.27. The monoisotopic (exact) mass is 404 g/mol. The molecule has 5 aromatic rings. The molecule has 5 heteroatoms. The summed E-state index contributed by atoms with van der Waals surface area (Å²) in [6.45, 7) is 2.47. The zero-order valence-electron chi connectivity index (χ0n) is 17.1. The highest BCUT2D eigenvalue weighted by atomic mass is 16.1. The molecule has 0 N–H and O–H groups in total. The Balaban J connectivity index is 1.57. The fraction of sp³-hybridized carbons (Fsp3) is 0.0769. The van der Waals surface area contributed by atoms with Crippen LogP contribution in [0.5, 0.6) is 0 Å². The fourth-order valence-corrected chi connectivity index (χ4v) is 3.77. The normalized spacial score (nSPS) is 11.0. The second-order valence-electron chi connectivity index (χ2n) is 7.44. The first-order valence-electron chi connectivity index (χ1n) is 10.1. The number of fused-ring (bicyclic) bond motifs is 1. The third-order valence-electron chi connectivity index (χ3n) is 5.26. The highest BCUT2D eigenvalue weighted by molar-refractivity contribution is 6.10. The maximum Gasteiger partial charge on any atom is 0.211 e. The summed E-state index contributed by atoms with van der Waals surface area (Å²) in [5.41, 5.74) is 4.90. The number of carbonyl (C=O) groups is 1. The zero-order chi connectivity index (χ0) is 21.2. The van der Waals surface area contributed by atoms with Crippen molar-refractivity contribution in [3.05, 3.63) is 114 Å². The minimum Gasteiger partial charge on any atom is -0.323 e. The third-order valence-corrected chi connectivity index (χ3v) is 5.26. The Morgan fingerprint density at radius 3 is 2.42 bits per heavy atom. The molecule has 0 aliphatic rings. The van der Waals surface area contributed by atoms with Gasteiger partial charge in [-0.05, 0) is 30.7 Å². The van der Waals surface area contributed by atoms with E-state index in [1.807, 2.05) is 90.4 Å². The van der Waals surface area contributed by atoms with Gasteiger partial charge in [0, 0.05) is 23.1 Å². The van der Waals surface area contributed by atoms with Gasteiger partial charge in [-0.25, -0.2) is 15.0 Å². The number of carbonyl (C=O) groups excluding carboxylic acids is 1. The van der Waals surface area contributed by atoms with Crippen molar-refractivity contribution in [1.82, 2.24) is 19.5 Å². The summed E-state index contributed by atoms with van der Waals surface area (Å²) in [4.78, 5) is 26.8. The van der Waals surface area contributed by atoms with Gasteiger partial charge in [0.05, 0.1) is 23.7 Å². The van der Waals surface area contributed by atoms with Crippen molar-refractivity contribution >= 4 is 16.7 Å². The quantitative estimate of drug-likeness (QED) is 0.383. The van der Waals surface area contributed by atoms with Gasteiger partial charge in [-0.1, -0.05) is 60.7 Å². The van der Waals surface area contributed by atoms with Gasteiger partial charge in [-0.2, -0.15) is 0 Å². The average Bonchev–Trinajstić information content (AvgIpc) is 3.27. The molecule has 3 aromatic carbocycles. The van der Waals surface area contributed by atoms with E-state index in [9.17, 15) is 4.79 Å². The van der Waals surface area contributed by atoms with E-state index in [1.54, 1.807) is 12.5 Å². The van der Waals surface area contributed by atoms with Crippen LogP contribution < -0.4 is 0 Å². The topological polar surface area (TPSA) is 60.7 Å². The van der Waals surface area contributed by atoms with E-state index in [1.165, 1.54) is 0 Å². The first kappa shape index (κ1) is 18.9. The van der Waals surface area contributed by atoms with Crippen LogP contribution in [0.1, 0.15) is 27.4 Å². The van der Waals surface area contributed by atoms with Gasteiger partial charge in [0.1, 0.15) is 11.5 Å². The third kappa shape index (κ3) is 3.73. The number of nitrogens with zero attached hydrogens (tertiary/aromatic N) is 4. The van der Waals surface area contributed by atoms with E-state index in [2.05, 4.69) is 15.0 Å². The summed E-state index contributed by atoms with van der Waals surface area (Å²) in [6, 6.07) is 25.6. The molecule has 0 saturated carbocycles. The minimum absolute atomic E-state index is 0.0742. The van der Waals surface area contributed by atoms with Crippen LogP contribution in [0.25, 0.3) is 22.2 Å². The van der Waals surface area contributed by atoms with Gasteiger partial charge in [-0.15, -0.1) is 0 Å². The van der Waals surface area contributed by atoms with Gasteiger partial charge in [-0.3, -0.25) is 4.79 Å². The average molecular weight is 404 g/mol. The van der Waals surface area contributed by atoms with Crippen LogP contribution in [0.3, 0.4) is 0 Å². The molecule has 150 valence electrons. The standard InChI is InChI=1S/C26H20N4O/c1-18-28-23-13-12-21(14-22(23)25(29-18)20-10-6-3-7-11-20)26(31)24-15-27-17-30(24)16-19-8-4-2-5-9-19/h2-15,17H,16H2,1H3. The van der Waals surface area contributed by atoms with Gasteiger partial charge in [0.25, 0.3) is 0 Å². The molecule has 0 unspecified atom stereocenters. The summed E-state index contributed by atoms with van der Waals surface area (Å²) in [5.74, 6) is 0.626. The number of rotatable bonds is 5. The van der Waals surface area contributed by atoms with Crippen LogP contribution in [0, 0.1) is 6.92 Å². The molecular formula is C26H20N4O. The number of benzene rings is 3. The van der Waals surface area contributed by atoms with E-state index >= 15 is 0 Å². The molecular weight excluding hydrogens is 384 g/mol. The molecule has 0 saturated heterocycles. The van der Waals surface area contributed by atoms with Crippen LogP contribution >= 0.6 is 0 Å². The van der Waals surface area contributed by atoms with Crippen molar-refractivity contribution in [2.45, 2.75) is 13.5 Å². The van der Waals surface area contributed by atoms with Gasteiger partial charge >= 0.3 is 0 Å². The maximum absolute atomic E-state index is 13.4. The van der Waals surface area contributed by atoms with E-state index in [0.29, 0.717) is 23.6 Å². The zero-order valence-corrected chi connectivity index (χ0v) is 17.1. The molecule has 0 aliphatic carbocycles. The number of aromatic nitrogens is 4. The second kappa shape index (κ2) is 7.95. The fourth-order valence-electron chi connectivity index (χ4n) is 3.77. The van der Waals surface area contributed by atoms with Crippen LogP contribution in [0.2, 0.25) is 0 Å². The smallest absolute Gasteiger partial charge is 0.211 e. The predicted molar refractivity (Wildman–Crippen MR) is 121 cm³/mol. The molecule has 0 aliphatic heterocycles. The Kier molecular flexibility index (Phi) is 4.84. The van der Waals surface area contributed by atoms with Crippen molar-refractivity contribution in [3.8, 4) is 11.3 Å². The summed E-state index contributed by atoms with van der Waals surface area (Å²) >= 11 is 0. The molecule has 0 amide bonds. The van der Waals surface area contributed by atoms with E-state index in [-0.39, 0.29) is 5.78 Å². The molecule has 0 radical (unpaired) electrons. The summed E-state index contributed by atoms with van der Waals surface area (Å²) in [7, 11) is 0. The Morgan fingerprint density at radius 2 is 1.65 bits per heavy atom. The molecule has 0 fully saturated rings. The number of hydrogen-bond acceptors (Lipinski definition) is 4. The largest absolute Gasteiger partial charge is 0.323 e. The Hall–Kier alpha value is -4.12. The van der Waals surface area contributed by atoms with Crippen LogP contribution in [-0.4, -0.2) is 25.3 Å². The van der Waals surface area contributed by atoms with Crippen molar-refractivity contribution in [2.75, 3.05) is 0 Å². The molecule has 5 nitrogen and oxygen atoms in total.